The lowest BCUT2D eigenvalue weighted by atomic mass is 9.99. The van der Waals surface area contributed by atoms with E-state index in [0.29, 0.717) is 0 Å². The highest BCUT2D eigenvalue weighted by Crippen LogP contribution is 2.33. The molecule has 2 aromatic rings. The number of ether oxygens (including phenoxy) is 1. The second-order valence-corrected chi connectivity index (χ2v) is 5.96. The van der Waals surface area contributed by atoms with Gasteiger partial charge in [0, 0.05) is 12.0 Å². The van der Waals surface area contributed by atoms with Gasteiger partial charge in [-0.05, 0) is 42.3 Å². The lowest BCUT2D eigenvalue weighted by Gasteiger charge is -2.27. The van der Waals surface area contributed by atoms with Crippen molar-refractivity contribution in [3.05, 3.63) is 42.5 Å². The van der Waals surface area contributed by atoms with E-state index in [1.807, 2.05) is 18.2 Å². The van der Waals surface area contributed by atoms with Crippen molar-refractivity contribution in [2.45, 2.75) is 37.8 Å². The smallest absolute Gasteiger partial charge is 0.120 e. The molecular formula is C18H23NO2. The molecule has 1 aliphatic rings. The number of aliphatic hydroxyl groups excluding tert-OH is 1. The Labute approximate surface area is 125 Å². The van der Waals surface area contributed by atoms with Crippen LogP contribution in [-0.4, -0.2) is 29.9 Å². The van der Waals surface area contributed by atoms with Crippen LogP contribution >= 0.6 is 0 Å². The molecule has 0 spiro atoms. The van der Waals surface area contributed by atoms with Gasteiger partial charge in [-0.15, -0.1) is 0 Å². The van der Waals surface area contributed by atoms with Crippen LogP contribution < -0.4 is 10.1 Å². The van der Waals surface area contributed by atoms with E-state index in [2.05, 4.69) is 36.5 Å². The van der Waals surface area contributed by atoms with Crippen molar-refractivity contribution in [2.24, 2.45) is 0 Å². The summed E-state index contributed by atoms with van der Waals surface area (Å²) >= 11 is 0. The number of hydrogen-bond donors (Lipinski definition) is 2. The second kappa shape index (κ2) is 6.04. The van der Waals surface area contributed by atoms with Crippen LogP contribution in [0.25, 0.3) is 10.8 Å². The predicted molar refractivity (Wildman–Crippen MR) is 85.7 cm³/mol. The van der Waals surface area contributed by atoms with Gasteiger partial charge < -0.3 is 15.2 Å². The van der Waals surface area contributed by atoms with Crippen molar-refractivity contribution in [3.63, 3.8) is 0 Å². The fourth-order valence-electron chi connectivity index (χ4n) is 3.35. The molecule has 2 unspecified atom stereocenters. The van der Waals surface area contributed by atoms with E-state index in [4.69, 9.17) is 4.74 Å². The van der Waals surface area contributed by atoms with Crippen LogP contribution in [0.5, 0.6) is 5.75 Å². The van der Waals surface area contributed by atoms with Gasteiger partial charge in [-0.3, -0.25) is 0 Å². The summed E-state index contributed by atoms with van der Waals surface area (Å²) in [6, 6.07) is 14.5. The summed E-state index contributed by atoms with van der Waals surface area (Å²) < 4.78 is 6.14. The average molecular weight is 285 g/mol. The number of nitrogens with one attached hydrogen (secondary N) is 1. The van der Waals surface area contributed by atoms with Gasteiger partial charge in [0.15, 0.2) is 0 Å². The number of likely N-dealkylation sites (N-methyl/N-ethyl adjacent to an activating group) is 1. The normalized spacial score (nSPS) is 25.3. The Bertz CT molecular complexity index is 613. The predicted octanol–water partition coefficient (Wildman–Crippen LogP) is 3.11. The summed E-state index contributed by atoms with van der Waals surface area (Å²) in [5.74, 6) is 0.920. The van der Waals surface area contributed by atoms with Gasteiger partial charge in [-0.25, -0.2) is 0 Å². The SMILES string of the molecule is CCNC1(CO)CCC(Oc2ccc3ccccc3c2)C1. The van der Waals surface area contributed by atoms with Gasteiger partial charge in [0.05, 0.1) is 6.61 Å². The zero-order chi connectivity index (χ0) is 14.7. The van der Waals surface area contributed by atoms with Crippen molar-refractivity contribution >= 4 is 10.8 Å². The Morgan fingerprint density at radius 1 is 1.24 bits per heavy atom. The van der Waals surface area contributed by atoms with E-state index < -0.39 is 0 Å². The first-order chi connectivity index (χ1) is 10.2. The molecule has 0 bridgehead atoms. The second-order valence-electron chi connectivity index (χ2n) is 5.96. The third kappa shape index (κ3) is 3.04. The van der Waals surface area contributed by atoms with Crippen molar-refractivity contribution in [2.75, 3.05) is 13.2 Å². The standard InChI is InChI=1S/C18H23NO2/c1-2-19-18(13-20)10-9-17(12-18)21-16-8-7-14-5-3-4-6-15(14)11-16/h3-8,11,17,19-20H,2,9-10,12-13H2,1H3. The summed E-state index contributed by atoms with van der Waals surface area (Å²) in [5.41, 5.74) is -0.156. The Morgan fingerprint density at radius 3 is 2.81 bits per heavy atom. The van der Waals surface area contributed by atoms with E-state index in [1.54, 1.807) is 0 Å². The van der Waals surface area contributed by atoms with E-state index in [-0.39, 0.29) is 18.2 Å². The molecule has 2 atom stereocenters. The number of hydrogen-bond acceptors (Lipinski definition) is 3. The number of aliphatic hydroxyl groups is 1. The van der Waals surface area contributed by atoms with Crippen LogP contribution in [-0.2, 0) is 0 Å². The minimum Gasteiger partial charge on any atom is -0.490 e. The Kier molecular flexibility index (Phi) is 4.13. The molecule has 0 radical (unpaired) electrons. The molecule has 0 heterocycles. The molecule has 0 saturated heterocycles. The van der Waals surface area contributed by atoms with Gasteiger partial charge in [-0.2, -0.15) is 0 Å². The van der Waals surface area contributed by atoms with Crippen LogP contribution in [0.4, 0.5) is 0 Å². The molecule has 1 aliphatic carbocycles. The first kappa shape index (κ1) is 14.4. The Hall–Kier alpha value is -1.58. The summed E-state index contributed by atoms with van der Waals surface area (Å²) in [6.07, 6.45) is 3.00. The first-order valence-electron chi connectivity index (χ1n) is 7.76. The average Bonchev–Trinajstić information content (AvgIpc) is 2.91. The van der Waals surface area contributed by atoms with Crippen LogP contribution in [0, 0.1) is 0 Å². The first-order valence-corrected chi connectivity index (χ1v) is 7.76. The molecule has 2 N–H and O–H groups in total. The van der Waals surface area contributed by atoms with Gasteiger partial charge in [0.1, 0.15) is 11.9 Å². The highest BCUT2D eigenvalue weighted by molar-refractivity contribution is 5.83. The van der Waals surface area contributed by atoms with Crippen LogP contribution in [0.3, 0.4) is 0 Å². The van der Waals surface area contributed by atoms with E-state index in [0.717, 1.165) is 31.6 Å². The molecule has 3 heteroatoms. The highest BCUT2D eigenvalue weighted by Gasteiger charge is 2.39. The Morgan fingerprint density at radius 2 is 2.05 bits per heavy atom. The van der Waals surface area contributed by atoms with E-state index in [9.17, 15) is 5.11 Å². The van der Waals surface area contributed by atoms with Crippen molar-refractivity contribution in [3.8, 4) is 5.75 Å². The number of fused-ring (bicyclic) bond motifs is 1. The molecule has 3 nitrogen and oxygen atoms in total. The van der Waals surface area contributed by atoms with Gasteiger partial charge in [0.2, 0.25) is 0 Å². The largest absolute Gasteiger partial charge is 0.490 e. The molecule has 1 saturated carbocycles. The maximum atomic E-state index is 9.65. The summed E-state index contributed by atoms with van der Waals surface area (Å²) in [5, 5.41) is 15.5. The molecule has 0 aliphatic heterocycles. The van der Waals surface area contributed by atoms with Crippen molar-refractivity contribution < 1.29 is 9.84 Å². The lowest BCUT2D eigenvalue weighted by Crippen LogP contribution is -2.46. The highest BCUT2D eigenvalue weighted by atomic mass is 16.5. The molecule has 0 amide bonds. The molecule has 2 aromatic carbocycles. The molecule has 1 fully saturated rings. The molecule has 0 aromatic heterocycles. The summed E-state index contributed by atoms with van der Waals surface area (Å²) in [6.45, 7) is 3.14. The fourth-order valence-corrected chi connectivity index (χ4v) is 3.35. The quantitative estimate of drug-likeness (QED) is 0.887. The topological polar surface area (TPSA) is 41.5 Å². The minimum absolute atomic E-state index is 0.156. The number of rotatable bonds is 5. The van der Waals surface area contributed by atoms with Gasteiger partial charge in [0.25, 0.3) is 0 Å². The maximum Gasteiger partial charge on any atom is 0.120 e. The fraction of sp³-hybridized carbons (Fsp3) is 0.444. The Balaban J connectivity index is 1.71. The number of benzene rings is 2. The van der Waals surface area contributed by atoms with Gasteiger partial charge >= 0.3 is 0 Å². The third-order valence-corrected chi connectivity index (χ3v) is 4.44. The molecular weight excluding hydrogens is 262 g/mol. The zero-order valence-electron chi connectivity index (χ0n) is 12.5. The van der Waals surface area contributed by atoms with Crippen molar-refractivity contribution in [1.82, 2.24) is 5.32 Å². The van der Waals surface area contributed by atoms with Crippen molar-refractivity contribution in [1.29, 1.82) is 0 Å². The molecule has 3 rings (SSSR count). The third-order valence-electron chi connectivity index (χ3n) is 4.44. The summed E-state index contributed by atoms with van der Waals surface area (Å²) in [4.78, 5) is 0. The van der Waals surface area contributed by atoms with E-state index in [1.165, 1.54) is 10.8 Å². The monoisotopic (exact) mass is 285 g/mol. The van der Waals surface area contributed by atoms with Crippen LogP contribution in [0.1, 0.15) is 26.2 Å². The van der Waals surface area contributed by atoms with Crippen LogP contribution in [0.15, 0.2) is 42.5 Å². The van der Waals surface area contributed by atoms with E-state index >= 15 is 0 Å². The lowest BCUT2D eigenvalue weighted by molar-refractivity contribution is 0.142. The minimum atomic E-state index is -0.156. The molecule has 112 valence electrons. The van der Waals surface area contributed by atoms with Crippen LogP contribution in [0.2, 0.25) is 0 Å². The molecule has 21 heavy (non-hydrogen) atoms. The zero-order valence-corrected chi connectivity index (χ0v) is 12.5. The maximum absolute atomic E-state index is 9.65. The van der Waals surface area contributed by atoms with Gasteiger partial charge in [-0.1, -0.05) is 37.3 Å². The summed E-state index contributed by atoms with van der Waals surface area (Å²) in [7, 11) is 0.